The normalized spacial score (nSPS) is 22.6. The third-order valence-corrected chi connectivity index (χ3v) is 4.74. The topological polar surface area (TPSA) is 65.1 Å². The van der Waals surface area contributed by atoms with Crippen molar-refractivity contribution >= 4 is 11.9 Å². The number of nitrogens with zero attached hydrogens (tertiary/aromatic N) is 1. The molecule has 24 heavy (non-hydrogen) atoms. The summed E-state index contributed by atoms with van der Waals surface area (Å²) in [5.74, 6) is 1.37. The van der Waals surface area contributed by atoms with Crippen molar-refractivity contribution in [1.29, 1.82) is 0 Å². The SMILES string of the molecule is O=C(OCc1cccc2c1OCCO2)[C@H]1CC(=O)N(CC2CC2)C1. The van der Waals surface area contributed by atoms with Crippen LogP contribution in [0.3, 0.4) is 0 Å². The molecule has 1 atom stereocenters. The summed E-state index contributed by atoms with van der Waals surface area (Å²) in [6, 6.07) is 5.55. The fraction of sp³-hybridized carbons (Fsp3) is 0.556. The third-order valence-electron chi connectivity index (χ3n) is 4.74. The van der Waals surface area contributed by atoms with E-state index in [4.69, 9.17) is 14.2 Å². The van der Waals surface area contributed by atoms with Gasteiger partial charge < -0.3 is 19.1 Å². The van der Waals surface area contributed by atoms with Crippen LogP contribution < -0.4 is 9.47 Å². The van der Waals surface area contributed by atoms with Crippen LogP contribution in [-0.4, -0.2) is 43.1 Å². The Morgan fingerprint density at radius 3 is 2.92 bits per heavy atom. The minimum Gasteiger partial charge on any atom is -0.486 e. The Morgan fingerprint density at radius 1 is 1.25 bits per heavy atom. The van der Waals surface area contributed by atoms with E-state index in [1.807, 2.05) is 23.1 Å². The average molecular weight is 331 g/mol. The fourth-order valence-corrected chi connectivity index (χ4v) is 3.23. The molecule has 1 saturated carbocycles. The molecule has 6 heteroatoms. The molecule has 0 N–H and O–H groups in total. The van der Waals surface area contributed by atoms with E-state index in [9.17, 15) is 9.59 Å². The number of carbonyl (C=O) groups excluding carboxylic acids is 2. The van der Waals surface area contributed by atoms with Crippen LogP contribution in [0.1, 0.15) is 24.8 Å². The molecule has 0 spiro atoms. The lowest BCUT2D eigenvalue weighted by atomic mass is 10.1. The van der Waals surface area contributed by atoms with Crippen LogP contribution in [0.2, 0.25) is 0 Å². The molecule has 1 saturated heterocycles. The van der Waals surface area contributed by atoms with Crippen LogP contribution in [0.25, 0.3) is 0 Å². The second-order valence-corrected chi connectivity index (χ2v) is 6.69. The number of hydrogen-bond acceptors (Lipinski definition) is 5. The van der Waals surface area contributed by atoms with Crippen molar-refractivity contribution in [1.82, 2.24) is 4.90 Å². The second-order valence-electron chi connectivity index (χ2n) is 6.69. The first-order chi connectivity index (χ1) is 11.7. The minimum absolute atomic E-state index is 0.0673. The molecule has 0 aromatic heterocycles. The number of esters is 1. The van der Waals surface area contributed by atoms with Crippen LogP contribution in [0.4, 0.5) is 0 Å². The molecular formula is C18H21NO5. The highest BCUT2D eigenvalue weighted by molar-refractivity contribution is 5.86. The predicted molar refractivity (Wildman–Crippen MR) is 84.6 cm³/mol. The van der Waals surface area contributed by atoms with Crippen LogP contribution >= 0.6 is 0 Å². The van der Waals surface area contributed by atoms with Gasteiger partial charge in [-0.05, 0) is 24.8 Å². The number of ether oxygens (including phenoxy) is 3. The molecule has 0 radical (unpaired) electrons. The Hall–Kier alpha value is -2.24. The first-order valence-corrected chi connectivity index (χ1v) is 8.52. The summed E-state index contributed by atoms with van der Waals surface area (Å²) in [6.07, 6.45) is 2.65. The summed E-state index contributed by atoms with van der Waals surface area (Å²) in [5.41, 5.74) is 0.791. The number of hydrogen-bond donors (Lipinski definition) is 0. The van der Waals surface area contributed by atoms with Crippen molar-refractivity contribution in [2.45, 2.75) is 25.9 Å². The Morgan fingerprint density at radius 2 is 2.08 bits per heavy atom. The molecule has 1 aromatic rings. The van der Waals surface area contributed by atoms with Crippen molar-refractivity contribution in [2.24, 2.45) is 11.8 Å². The molecule has 1 amide bonds. The van der Waals surface area contributed by atoms with Gasteiger partial charge in [0.2, 0.25) is 5.91 Å². The Balaban J connectivity index is 1.34. The zero-order valence-corrected chi connectivity index (χ0v) is 13.5. The number of rotatable bonds is 5. The van der Waals surface area contributed by atoms with Gasteiger partial charge in [0, 0.05) is 25.1 Å². The number of amides is 1. The lowest BCUT2D eigenvalue weighted by Crippen LogP contribution is -2.28. The highest BCUT2D eigenvalue weighted by Crippen LogP contribution is 2.35. The van der Waals surface area contributed by atoms with Crippen molar-refractivity contribution in [3.8, 4) is 11.5 Å². The van der Waals surface area contributed by atoms with Gasteiger partial charge in [-0.2, -0.15) is 0 Å². The van der Waals surface area contributed by atoms with Crippen LogP contribution in [0.15, 0.2) is 18.2 Å². The van der Waals surface area contributed by atoms with Crippen molar-refractivity contribution < 1.29 is 23.8 Å². The van der Waals surface area contributed by atoms with Crippen molar-refractivity contribution in [2.75, 3.05) is 26.3 Å². The van der Waals surface area contributed by atoms with Gasteiger partial charge in [0.1, 0.15) is 19.8 Å². The summed E-state index contributed by atoms with van der Waals surface area (Å²) in [5, 5.41) is 0. The van der Waals surface area contributed by atoms with Gasteiger partial charge in [-0.3, -0.25) is 9.59 Å². The van der Waals surface area contributed by atoms with Gasteiger partial charge in [-0.25, -0.2) is 0 Å². The summed E-state index contributed by atoms with van der Waals surface area (Å²) in [6.45, 7) is 2.43. The largest absolute Gasteiger partial charge is 0.486 e. The van der Waals surface area contributed by atoms with Crippen molar-refractivity contribution in [3.63, 3.8) is 0 Å². The number of benzene rings is 1. The van der Waals surface area contributed by atoms with Crippen LogP contribution in [0, 0.1) is 11.8 Å². The van der Waals surface area contributed by atoms with E-state index < -0.39 is 0 Å². The molecule has 2 heterocycles. The molecule has 2 fully saturated rings. The summed E-state index contributed by atoms with van der Waals surface area (Å²) in [4.78, 5) is 26.1. The number of carbonyl (C=O) groups is 2. The molecule has 2 aliphatic heterocycles. The van der Waals surface area contributed by atoms with Crippen LogP contribution in [-0.2, 0) is 20.9 Å². The molecule has 3 aliphatic rings. The highest BCUT2D eigenvalue weighted by atomic mass is 16.6. The van der Waals surface area contributed by atoms with Gasteiger partial charge in [-0.1, -0.05) is 12.1 Å². The quantitative estimate of drug-likeness (QED) is 0.769. The molecule has 128 valence electrons. The molecule has 4 rings (SSSR count). The zero-order chi connectivity index (χ0) is 16.5. The molecule has 1 aromatic carbocycles. The van der Waals surface area contributed by atoms with E-state index >= 15 is 0 Å². The molecule has 0 bridgehead atoms. The maximum atomic E-state index is 12.3. The zero-order valence-electron chi connectivity index (χ0n) is 13.5. The number of fused-ring (bicyclic) bond motifs is 1. The molecular weight excluding hydrogens is 310 g/mol. The predicted octanol–water partition coefficient (Wildman–Crippen LogP) is 1.76. The van der Waals surface area contributed by atoms with E-state index in [1.54, 1.807) is 0 Å². The standard InChI is InChI=1S/C18H21NO5/c20-16-8-14(10-19(16)9-12-4-5-12)18(21)24-11-13-2-1-3-15-17(13)23-7-6-22-15/h1-3,12,14H,4-11H2/t14-/m0/s1. The summed E-state index contributed by atoms with van der Waals surface area (Å²) >= 11 is 0. The Kier molecular flexibility index (Phi) is 4.04. The highest BCUT2D eigenvalue weighted by Gasteiger charge is 2.38. The van der Waals surface area contributed by atoms with Gasteiger partial charge >= 0.3 is 5.97 Å². The maximum Gasteiger partial charge on any atom is 0.311 e. The first-order valence-electron chi connectivity index (χ1n) is 8.52. The van der Waals surface area contributed by atoms with E-state index in [-0.39, 0.29) is 30.8 Å². The maximum absolute atomic E-state index is 12.3. The summed E-state index contributed by atoms with van der Waals surface area (Å²) < 4.78 is 16.6. The van der Waals surface area contributed by atoms with Gasteiger partial charge in [-0.15, -0.1) is 0 Å². The Labute approximate surface area is 140 Å². The van der Waals surface area contributed by atoms with Gasteiger partial charge in [0.25, 0.3) is 0 Å². The van der Waals surface area contributed by atoms with E-state index in [0.29, 0.717) is 37.2 Å². The number of likely N-dealkylation sites (tertiary alicyclic amines) is 1. The van der Waals surface area contributed by atoms with Gasteiger partial charge in [0.05, 0.1) is 5.92 Å². The van der Waals surface area contributed by atoms with E-state index in [0.717, 1.165) is 12.1 Å². The lowest BCUT2D eigenvalue weighted by Gasteiger charge is -2.21. The first kappa shape index (κ1) is 15.3. The average Bonchev–Trinajstić information content (AvgIpc) is 3.34. The van der Waals surface area contributed by atoms with Crippen LogP contribution in [0.5, 0.6) is 11.5 Å². The molecule has 0 unspecified atom stereocenters. The smallest absolute Gasteiger partial charge is 0.311 e. The third kappa shape index (κ3) is 3.18. The molecule has 6 nitrogen and oxygen atoms in total. The van der Waals surface area contributed by atoms with Crippen molar-refractivity contribution in [3.05, 3.63) is 23.8 Å². The van der Waals surface area contributed by atoms with E-state index in [2.05, 4.69) is 0 Å². The molecule has 1 aliphatic carbocycles. The minimum atomic E-state index is -0.354. The fourth-order valence-electron chi connectivity index (χ4n) is 3.23. The lowest BCUT2D eigenvalue weighted by molar-refractivity contribution is -0.149. The van der Waals surface area contributed by atoms with E-state index in [1.165, 1.54) is 12.8 Å². The number of para-hydroxylation sites is 1. The second kappa shape index (κ2) is 6.34. The Bertz CT molecular complexity index is 655. The summed E-state index contributed by atoms with van der Waals surface area (Å²) in [7, 11) is 0. The van der Waals surface area contributed by atoms with Gasteiger partial charge in [0.15, 0.2) is 11.5 Å². The monoisotopic (exact) mass is 331 g/mol.